The number of nitrogens with one attached hydrogen (secondary N) is 1. The zero-order valence-corrected chi connectivity index (χ0v) is 14.5. The molecule has 6 nitrogen and oxygen atoms in total. The fraction of sp³-hybridized carbons (Fsp3) is 0.211. The van der Waals surface area contributed by atoms with E-state index in [0.29, 0.717) is 0 Å². The highest BCUT2D eigenvalue weighted by Crippen LogP contribution is 2.18. The van der Waals surface area contributed by atoms with E-state index in [4.69, 9.17) is 0 Å². The molecule has 0 aliphatic heterocycles. The summed E-state index contributed by atoms with van der Waals surface area (Å²) in [4.78, 5) is 38.3. The monoisotopic (exact) mass is 373 g/mol. The van der Waals surface area contributed by atoms with Gasteiger partial charge in [0.15, 0.2) is 11.6 Å². The number of anilines is 1. The second-order valence-corrected chi connectivity index (χ2v) is 5.93. The van der Waals surface area contributed by atoms with Gasteiger partial charge in [0.05, 0.1) is 17.3 Å². The zero-order chi connectivity index (χ0) is 19.6. The highest BCUT2D eigenvalue weighted by molar-refractivity contribution is 5.93. The number of nitrogens with zero attached hydrogens (tertiary/aromatic N) is 2. The van der Waals surface area contributed by atoms with Gasteiger partial charge in [0.1, 0.15) is 0 Å². The van der Waals surface area contributed by atoms with Crippen molar-refractivity contribution in [2.24, 2.45) is 0 Å². The van der Waals surface area contributed by atoms with Crippen LogP contribution in [-0.2, 0) is 11.3 Å². The second kappa shape index (κ2) is 7.53. The van der Waals surface area contributed by atoms with Crippen LogP contribution in [0, 0.1) is 11.6 Å². The number of amides is 1. The molecule has 0 saturated carbocycles. The van der Waals surface area contributed by atoms with Gasteiger partial charge in [-0.1, -0.05) is 12.1 Å². The average Bonchev–Trinajstić information content (AvgIpc) is 2.67. The normalized spacial score (nSPS) is 10.9. The van der Waals surface area contributed by atoms with Crippen LogP contribution in [0.5, 0.6) is 0 Å². The largest absolute Gasteiger partial charge is 0.313 e. The molecule has 0 atom stereocenters. The van der Waals surface area contributed by atoms with Gasteiger partial charge in [-0.15, -0.1) is 0 Å². The molecule has 3 rings (SSSR count). The van der Waals surface area contributed by atoms with Gasteiger partial charge >= 0.3 is 0 Å². The molecule has 1 amide bonds. The number of aromatic amines is 1. The third kappa shape index (κ3) is 3.64. The maximum absolute atomic E-state index is 13.4. The fourth-order valence-electron chi connectivity index (χ4n) is 2.90. The highest BCUT2D eigenvalue weighted by Gasteiger charge is 2.16. The van der Waals surface area contributed by atoms with Crippen LogP contribution in [0.1, 0.15) is 13.3 Å². The van der Waals surface area contributed by atoms with Crippen molar-refractivity contribution in [1.82, 2.24) is 9.78 Å². The molecule has 0 bridgehead atoms. The molecule has 0 spiro atoms. The van der Waals surface area contributed by atoms with Crippen molar-refractivity contribution in [1.29, 1.82) is 0 Å². The number of hydrogen-bond acceptors (Lipinski definition) is 3. The van der Waals surface area contributed by atoms with E-state index < -0.39 is 22.8 Å². The number of carbonyl (C=O) groups is 1. The SMILES string of the molecule is CCN(C(=O)CCn1[nH]c(=O)c2ccccc2c1=O)c1ccc(F)c(F)c1. The summed E-state index contributed by atoms with van der Waals surface area (Å²) >= 11 is 0. The number of benzene rings is 2. The van der Waals surface area contributed by atoms with Crippen molar-refractivity contribution < 1.29 is 13.6 Å². The Morgan fingerprint density at radius 3 is 2.44 bits per heavy atom. The maximum atomic E-state index is 13.4. The Hall–Kier alpha value is -3.29. The van der Waals surface area contributed by atoms with Crippen LogP contribution in [0.4, 0.5) is 14.5 Å². The molecular formula is C19H17F2N3O3. The first kappa shape index (κ1) is 18.5. The van der Waals surface area contributed by atoms with E-state index in [1.54, 1.807) is 31.2 Å². The van der Waals surface area contributed by atoms with Gasteiger partial charge in [-0.3, -0.25) is 19.5 Å². The van der Waals surface area contributed by atoms with Crippen LogP contribution in [0.15, 0.2) is 52.1 Å². The molecular weight excluding hydrogens is 356 g/mol. The Kier molecular flexibility index (Phi) is 5.16. The van der Waals surface area contributed by atoms with E-state index in [-0.39, 0.29) is 41.9 Å². The average molecular weight is 373 g/mol. The molecule has 1 aromatic heterocycles. The third-order valence-electron chi connectivity index (χ3n) is 4.27. The maximum Gasteiger partial charge on any atom is 0.273 e. The van der Waals surface area contributed by atoms with Crippen LogP contribution in [0.3, 0.4) is 0 Å². The molecule has 2 aromatic carbocycles. The molecule has 8 heteroatoms. The third-order valence-corrected chi connectivity index (χ3v) is 4.27. The summed E-state index contributed by atoms with van der Waals surface area (Å²) in [6.07, 6.45) is -0.0962. The summed E-state index contributed by atoms with van der Waals surface area (Å²) in [7, 11) is 0. The van der Waals surface area contributed by atoms with Crippen molar-refractivity contribution in [3.8, 4) is 0 Å². The summed E-state index contributed by atoms with van der Waals surface area (Å²) in [5.41, 5.74) is -0.611. The van der Waals surface area contributed by atoms with Gasteiger partial charge < -0.3 is 4.90 Å². The van der Waals surface area contributed by atoms with E-state index in [1.165, 1.54) is 11.0 Å². The summed E-state index contributed by atoms with van der Waals surface area (Å²) < 4.78 is 27.6. The Morgan fingerprint density at radius 1 is 1.07 bits per heavy atom. The second-order valence-electron chi connectivity index (χ2n) is 5.93. The van der Waals surface area contributed by atoms with Gasteiger partial charge in [0.25, 0.3) is 11.1 Å². The quantitative estimate of drug-likeness (QED) is 0.746. The lowest BCUT2D eigenvalue weighted by Crippen LogP contribution is -2.35. The first-order valence-electron chi connectivity index (χ1n) is 8.39. The smallest absolute Gasteiger partial charge is 0.273 e. The summed E-state index contributed by atoms with van der Waals surface area (Å²) in [6, 6.07) is 9.61. The Morgan fingerprint density at radius 2 is 1.78 bits per heavy atom. The molecule has 3 aromatic rings. The minimum atomic E-state index is -1.05. The van der Waals surface area contributed by atoms with Gasteiger partial charge in [0.2, 0.25) is 5.91 Å². The number of H-pyrrole nitrogens is 1. The van der Waals surface area contributed by atoms with Crippen molar-refractivity contribution in [3.63, 3.8) is 0 Å². The lowest BCUT2D eigenvalue weighted by atomic mass is 10.2. The Balaban J connectivity index is 1.83. The molecule has 0 aliphatic carbocycles. The molecule has 0 fully saturated rings. The van der Waals surface area contributed by atoms with Crippen molar-refractivity contribution in [3.05, 3.63) is 74.8 Å². The highest BCUT2D eigenvalue weighted by atomic mass is 19.2. The zero-order valence-electron chi connectivity index (χ0n) is 14.5. The predicted molar refractivity (Wildman–Crippen MR) is 97.8 cm³/mol. The summed E-state index contributed by atoms with van der Waals surface area (Å²) in [6.45, 7) is 1.90. The summed E-state index contributed by atoms with van der Waals surface area (Å²) in [5.74, 6) is -2.43. The van der Waals surface area contributed by atoms with Crippen LogP contribution in [0.25, 0.3) is 10.8 Å². The number of rotatable bonds is 5. The van der Waals surface area contributed by atoms with Crippen LogP contribution in [0.2, 0.25) is 0 Å². The molecule has 1 heterocycles. The van der Waals surface area contributed by atoms with E-state index in [9.17, 15) is 23.2 Å². The minimum absolute atomic E-state index is 0.0437. The number of carbonyl (C=O) groups excluding carboxylic acids is 1. The number of fused-ring (bicyclic) bond motifs is 1. The van der Waals surface area contributed by atoms with Gasteiger partial charge in [-0.05, 0) is 31.2 Å². The summed E-state index contributed by atoms with van der Waals surface area (Å²) in [5, 5.41) is 3.00. The topological polar surface area (TPSA) is 75.2 Å². The van der Waals surface area contributed by atoms with Crippen LogP contribution >= 0.6 is 0 Å². The predicted octanol–water partition coefficient (Wildman–Crippen LogP) is 2.41. The first-order chi connectivity index (χ1) is 12.9. The Bertz CT molecular complexity index is 1120. The van der Waals surface area contributed by atoms with Crippen LogP contribution < -0.4 is 16.0 Å². The van der Waals surface area contributed by atoms with E-state index in [1.807, 2.05) is 0 Å². The van der Waals surface area contributed by atoms with E-state index >= 15 is 0 Å². The molecule has 140 valence electrons. The lowest BCUT2D eigenvalue weighted by Gasteiger charge is -2.21. The van der Waals surface area contributed by atoms with Gasteiger partial charge in [0, 0.05) is 24.7 Å². The minimum Gasteiger partial charge on any atom is -0.313 e. The van der Waals surface area contributed by atoms with E-state index in [0.717, 1.165) is 16.8 Å². The number of hydrogen-bond donors (Lipinski definition) is 1. The molecule has 27 heavy (non-hydrogen) atoms. The first-order valence-corrected chi connectivity index (χ1v) is 8.39. The fourth-order valence-corrected chi connectivity index (χ4v) is 2.90. The molecule has 0 aliphatic rings. The van der Waals surface area contributed by atoms with Crippen molar-refractivity contribution >= 4 is 22.4 Å². The van der Waals surface area contributed by atoms with Crippen molar-refractivity contribution in [2.45, 2.75) is 19.9 Å². The lowest BCUT2D eigenvalue weighted by molar-refractivity contribution is -0.118. The molecule has 0 radical (unpaired) electrons. The van der Waals surface area contributed by atoms with Gasteiger partial charge in [-0.2, -0.15) is 0 Å². The van der Waals surface area contributed by atoms with Gasteiger partial charge in [-0.25, -0.2) is 13.5 Å². The number of aromatic nitrogens is 2. The van der Waals surface area contributed by atoms with E-state index in [2.05, 4.69) is 5.10 Å². The number of halogens is 2. The number of aryl methyl sites for hydroxylation is 1. The molecule has 1 N–H and O–H groups in total. The molecule has 0 saturated heterocycles. The molecule has 0 unspecified atom stereocenters. The van der Waals surface area contributed by atoms with Crippen molar-refractivity contribution in [2.75, 3.05) is 11.4 Å². The Labute approximate surface area is 152 Å². The van der Waals surface area contributed by atoms with Crippen LogP contribution in [-0.4, -0.2) is 22.2 Å². The standard InChI is InChI=1S/C19H17F2N3O3/c1-2-23(12-7-8-15(20)16(21)11-12)17(25)9-10-24-19(27)14-6-4-3-5-13(14)18(26)22-24/h3-8,11H,2,9-10H2,1H3,(H,22,26).